The molecule has 0 aliphatic rings. The van der Waals surface area contributed by atoms with Gasteiger partial charge < -0.3 is 9.84 Å². The number of hydrazone groups is 1. The quantitative estimate of drug-likeness (QED) is 0.296. The fourth-order valence-electron chi connectivity index (χ4n) is 2.34. The predicted molar refractivity (Wildman–Crippen MR) is 106 cm³/mol. The van der Waals surface area contributed by atoms with E-state index in [1.165, 1.54) is 18.3 Å². The fourth-order valence-corrected chi connectivity index (χ4v) is 2.55. The summed E-state index contributed by atoms with van der Waals surface area (Å²) in [6.45, 7) is 0. The molecule has 3 aromatic carbocycles. The zero-order valence-electron chi connectivity index (χ0n) is 14.5. The molecule has 3 rings (SSSR count). The minimum absolute atomic E-state index is 0.113. The Balaban J connectivity index is 1.66. The Morgan fingerprint density at radius 1 is 0.964 bits per heavy atom. The average molecular weight is 395 g/mol. The standard InChI is InChI=1S/C21H15ClN2O4/c22-18-10-3-1-8-16(18)21(27)28-15-7-5-6-14(12-15)13-23-24-20(26)17-9-2-4-11-19(17)25/h1-13,25H,(H,24,26). The van der Waals surface area contributed by atoms with Crippen LogP contribution in [0.3, 0.4) is 0 Å². The number of esters is 1. The smallest absolute Gasteiger partial charge is 0.345 e. The van der Waals surface area contributed by atoms with E-state index in [9.17, 15) is 14.7 Å². The van der Waals surface area contributed by atoms with Crippen molar-refractivity contribution in [2.24, 2.45) is 5.10 Å². The topological polar surface area (TPSA) is 88.0 Å². The van der Waals surface area contributed by atoms with Crippen molar-refractivity contribution in [1.82, 2.24) is 5.43 Å². The number of phenols is 1. The van der Waals surface area contributed by atoms with E-state index in [2.05, 4.69) is 10.5 Å². The first-order valence-electron chi connectivity index (χ1n) is 8.23. The largest absolute Gasteiger partial charge is 0.507 e. The summed E-state index contributed by atoms with van der Waals surface area (Å²) in [7, 11) is 0. The van der Waals surface area contributed by atoms with Crippen LogP contribution in [0.5, 0.6) is 11.5 Å². The van der Waals surface area contributed by atoms with Gasteiger partial charge in [-0.3, -0.25) is 4.79 Å². The third kappa shape index (κ3) is 4.75. The summed E-state index contributed by atoms with van der Waals surface area (Å²) in [5.74, 6) is -0.951. The number of phenolic OH excluding ortho intramolecular Hbond substituents is 1. The zero-order valence-corrected chi connectivity index (χ0v) is 15.3. The highest BCUT2D eigenvalue weighted by atomic mass is 35.5. The molecule has 0 aliphatic carbocycles. The maximum absolute atomic E-state index is 12.2. The first kappa shape index (κ1) is 19.1. The van der Waals surface area contributed by atoms with Crippen molar-refractivity contribution >= 4 is 29.7 Å². The van der Waals surface area contributed by atoms with Gasteiger partial charge in [0.25, 0.3) is 5.91 Å². The maximum Gasteiger partial charge on any atom is 0.345 e. The molecule has 0 fully saturated rings. The van der Waals surface area contributed by atoms with E-state index in [0.29, 0.717) is 16.3 Å². The summed E-state index contributed by atoms with van der Waals surface area (Å²) in [6, 6.07) is 19.3. The Bertz CT molecular complexity index is 1050. The zero-order chi connectivity index (χ0) is 19.9. The Morgan fingerprint density at radius 2 is 1.68 bits per heavy atom. The van der Waals surface area contributed by atoms with Crippen LogP contribution < -0.4 is 10.2 Å². The number of nitrogens with zero attached hydrogens (tertiary/aromatic N) is 1. The van der Waals surface area contributed by atoms with Gasteiger partial charge in [-0.1, -0.05) is 48.0 Å². The molecule has 3 aromatic rings. The van der Waals surface area contributed by atoms with Crippen LogP contribution in [0.2, 0.25) is 5.02 Å². The lowest BCUT2D eigenvalue weighted by molar-refractivity contribution is 0.0734. The molecular formula is C21H15ClN2O4. The number of carbonyl (C=O) groups excluding carboxylic acids is 2. The van der Waals surface area contributed by atoms with Crippen LogP contribution >= 0.6 is 11.6 Å². The summed E-state index contributed by atoms with van der Waals surface area (Å²) in [5.41, 5.74) is 3.30. The number of rotatable bonds is 5. The number of para-hydroxylation sites is 1. The minimum Gasteiger partial charge on any atom is -0.507 e. The van der Waals surface area contributed by atoms with Crippen LogP contribution in [0, 0.1) is 0 Å². The first-order chi connectivity index (χ1) is 13.5. The summed E-state index contributed by atoms with van der Waals surface area (Å²) >= 11 is 6.00. The highest BCUT2D eigenvalue weighted by Crippen LogP contribution is 2.19. The van der Waals surface area contributed by atoms with Crippen LogP contribution in [0.1, 0.15) is 26.3 Å². The van der Waals surface area contributed by atoms with Crippen molar-refractivity contribution in [2.45, 2.75) is 0 Å². The second-order valence-corrected chi connectivity index (χ2v) is 6.07. The van der Waals surface area contributed by atoms with Crippen molar-refractivity contribution < 1.29 is 19.4 Å². The molecule has 140 valence electrons. The molecule has 0 bridgehead atoms. The molecule has 2 N–H and O–H groups in total. The number of ether oxygens (including phenoxy) is 1. The molecule has 0 aliphatic heterocycles. The Labute approximate surface area is 166 Å². The van der Waals surface area contributed by atoms with E-state index in [0.717, 1.165) is 0 Å². The summed E-state index contributed by atoms with van der Waals surface area (Å²) < 4.78 is 5.33. The third-order valence-corrected chi connectivity index (χ3v) is 4.02. The normalized spacial score (nSPS) is 10.6. The van der Waals surface area contributed by atoms with Gasteiger partial charge >= 0.3 is 5.97 Å². The lowest BCUT2D eigenvalue weighted by atomic mass is 10.2. The van der Waals surface area contributed by atoms with Crippen molar-refractivity contribution in [3.8, 4) is 11.5 Å². The second kappa shape index (κ2) is 8.83. The molecule has 28 heavy (non-hydrogen) atoms. The monoisotopic (exact) mass is 394 g/mol. The van der Waals surface area contributed by atoms with Crippen molar-refractivity contribution in [3.63, 3.8) is 0 Å². The lowest BCUT2D eigenvalue weighted by Crippen LogP contribution is -2.17. The number of aromatic hydroxyl groups is 1. The fraction of sp³-hybridized carbons (Fsp3) is 0. The number of hydrogen-bond donors (Lipinski definition) is 2. The number of amides is 1. The van der Waals surface area contributed by atoms with Crippen LogP contribution in [0.4, 0.5) is 0 Å². The van der Waals surface area contributed by atoms with E-state index in [1.54, 1.807) is 60.7 Å². The molecular weight excluding hydrogens is 380 g/mol. The molecule has 0 unspecified atom stereocenters. The SMILES string of the molecule is O=C(NN=Cc1cccc(OC(=O)c2ccccc2Cl)c1)c1ccccc1O. The Morgan fingerprint density at radius 3 is 2.43 bits per heavy atom. The van der Waals surface area contributed by atoms with Crippen molar-refractivity contribution in [2.75, 3.05) is 0 Å². The highest BCUT2D eigenvalue weighted by molar-refractivity contribution is 6.33. The lowest BCUT2D eigenvalue weighted by Gasteiger charge is -2.06. The van der Waals surface area contributed by atoms with Gasteiger partial charge in [-0.05, 0) is 42.0 Å². The maximum atomic E-state index is 12.2. The molecule has 0 saturated heterocycles. The Hall–Kier alpha value is -3.64. The third-order valence-electron chi connectivity index (χ3n) is 3.69. The van der Waals surface area contributed by atoms with E-state index in [-0.39, 0.29) is 16.9 Å². The van der Waals surface area contributed by atoms with Crippen LogP contribution in [-0.4, -0.2) is 23.2 Å². The minimum atomic E-state index is -0.576. The number of nitrogens with one attached hydrogen (secondary N) is 1. The van der Waals surface area contributed by atoms with Crippen molar-refractivity contribution in [3.05, 3.63) is 94.5 Å². The predicted octanol–water partition coefficient (Wildman–Crippen LogP) is 4.03. The number of hydrogen-bond acceptors (Lipinski definition) is 5. The summed E-state index contributed by atoms with van der Waals surface area (Å²) in [5, 5.41) is 13.8. The molecule has 0 heterocycles. The number of halogens is 1. The summed E-state index contributed by atoms with van der Waals surface area (Å²) in [4.78, 5) is 24.2. The Kier molecular flexibility index (Phi) is 6.04. The molecule has 0 aromatic heterocycles. The van der Waals surface area contributed by atoms with E-state index >= 15 is 0 Å². The number of carbonyl (C=O) groups is 2. The van der Waals surface area contributed by atoms with Gasteiger partial charge in [-0.25, -0.2) is 10.2 Å². The molecule has 0 spiro atoms. The van der Waals surface area contributed by atoms with Crippen LogP contribution in [0.25, 0.3) is 0 Å². The van der Waals surface area contributed by atoms with Gasteiger partial charge in [0.05, 0.1) is 22.4 Å². The van der Waals surface area contributed by atoms with Gasteiger partial charge in [0.2, 0.25) is 0 Å². The van der Waals surface area contributed by atoms with Gasteiger partial charge in [0, 0.05) is 0 Å². The number of benzene rings is 3. The van der Waals surface area contributed by atoms with Gasteiger partial charge in [-0.15, -0.1) is 0 Å². The van der Waals surface area contributed by atoms with E-state index in [4.69, 9.17) is 16.3 Å². The van der Waals surface area contributed by atoms with Gasteiger partial charge in [-0.2, -0.15) is 5.10 Å². The second-order valence-electron chi connectivity index (χ2n) is 5.66. The van der Waals surface area contributed by atoms with Crippen molar-refractivity contribution in [1.29, 1.82) is 0 Å². The molecule has 7 heteroatoms. The van der Waals surface area contributed by atoms with E-state index in [1.807, 2.05) is 0 Å². The molecule has 1 amide bonds. The van der Waals surface area contributed by atoms with E-state index < -0.39 is 11.9 Å². The molecule has 0 radical (unpaired) electrons. The first-order valence-corrected chi connectivity index (χ1v) is 8.60. The van der Waals surface area contributed by atoms with Crippen LogP contribution in [-0.2, 0) is 0 Å². The summed E-state index contributed by atoms with van der Waals surface area (Å²) in [6.07, 6.45) is 1.39. The molecule has 6 nitrogen and oxygen atoms in total. The molecule has 0 saturated carbocycles. The van der Waals surface area contributed by atoms with Gasteiger partial charge in [0.1, 0.15) is 11.5 Å². The average Bonchev–Trinajstić information content (AvgIpc) is 2.69. The van der Waals surface area contributed by atoms with Gasteiger partial charge in [0.15, 0.2) is 0 Å². The van der Waals surface area contributed by atoms with Crippen LogP contribution in [0.15, 0.2) is 77.9 Å². The highest BCUT2D eigenvalue weighted by Gasteiger charge is 2.12. The molecule has 0 atom stereocenters.